The zero-order valence-electron chi connectivity index (χ0n) is 7.46. The lowest BCUT2D eigenvalue weighted by Crippen LogP contribution is -2.20. The molecule has 4 heteroatoms. The third-order valence-corrected chi connectivity index (χ3v) is 2.17. The molecule has 1 aromatic carbocycles. The van der Waals surface area contributed by atoms with Crippen molar-refractivity contribution < 1.29 is 4.74 Å². The highest BCUT2D eigenvalue weighted by Crippen LogP contribution is 2.26. The maximum atomic E-state index is 5.85. The largest absolute Gasteiger partial charge is 0.495 e. The first-order chi connectivity index (χ1) is 6.19. The van der Waals surface area contributed by atoms with E-state index in [1.54, 1.807) is 19.2 Å². The standard InChI is InChI=1S/C9H13ClN2O/c1-13-9-4-6(8(12)5-11)2-3-7(9)10/h2-4,8H,5,11-12H2,1H3/t8-/m1/s1. The molecule has 4 N–H and O–H groups in total. The summed E-state index contributed by atoms with van der Waals surface area (Å²) in [5.74, 6) is 0.628. The fourth-order valence-electron chi connectivity index (χ4n) is 1.04. The van der Waals surface area contributed by atoms with Crippen LogP contribution in [-0.4, -0.2) is 13.7 Å². The summed E-state index contributed by atoms with van der Waals surface area (Å²) in [4.78, 5) is 0. The summed E-state index contributed by atoms with van der Waals surface area (Å²) in [6.45, 7) is 0.408. The second-order valence-electron chi connectivity index (χ2n) is 2.74. The Hall–Kier alpha value is -0.770. The average Bonchev–Trinajstić information content (AvgIpc) is 2.17. The van der Waals surface area contributed by atoms with Crippen molar-refractivity contribution in [3.8, 4) is 5.75 Å². The van der Waals surface area contributed by atoms with Crippen molar-refractivity contribution in [2.24, 2.45) is 11.5 Å². The second kappa shape index (κ2) is 4.46. The van der Waals surface area contributed by atoms with Crippen LogP contribution >= 0.6 is 11.6 Å². The van der Waals surface area contributed by atoms with E-state index in [0.29, 0.717) is 17.3 Å². The number of hydrogen-bond donors (Lipinski definition) is 2. The molecule has 0 aliphatic heterocycles. The molecule has 0 unspecified atom stereocenters. The van der Waals surface area contributed by atoms with Gasteiger partial charge in [0.15, 0.2) is 0 Å². The molecule has 0 aliphatic rings. The monoisotopic (exact) mass is 200 g/mol. The topological polar surface area (TPSA) is 61.3 Å². The number of methoxy groups -OCH3 is 1. The molecule has 3 nitrogen and oxygen atoms in total. The van der Waals surface area contributed by atoms with E-state index in [1.807, 2.05) is 6.07 Å². The minimum Gasteiger partial charge on any atom is -0.495 e. The molecule has 1 atom stereocenters. The number of rotatable bonds is 3. The summed E-state index contributed by atoms with van der Waals surface area (Å²) in [6.07, 6.45) is 0. The highest BCUT2D eigenvalue weighted by molar-refractivity contribution is 6.32. The van der Waals surface area contributed by atoms with Crippen LogP contribution in [0.2, 0.25) is 5.02 Å². The van der Waals surface area contributed by atoms with E-state index in [2.05, 4.69) is 0 Å². The number of ether oxygens (including phenoxy) is 1. The van der Waals surface area contributed by atoms with Gasteiger partial charge in [0.2, 0.25) is 0 Å². The van der Waals surface area contributed by atoms with Gasteiger partial charge in [-0.05, 0) is 17.7 Å². The van der Waals surface area contributed by atoms with Crippen molar-refractivity contribution in [2.45, 2.75) is 6.04 Å². The first-order valence-electron chi connectivity index (χ1n) is 3.98. The van der Waals surface area contributed by atoms with Gasteiger partial charge in [0.25, 0.3) is 0 Å². The number of hydrogen-bond acceptors (Lipinski definition) is 3. The molecule has 1 aromatic rings. The minimum atomic E-state index is -0.161. The van der Waals surface area contributed by atoms with Crippen molar-refractivity contribution in [3.63, 3.8) is 0 Å². The molecular formula is C9H13ClN2O. The number of halogens is 1. The van der Waals surface area contributed by atoms with Crippen molar-refractivity contribution in [1.82, 2.24) is 0 Å². The number of benzene rings is 1. The predicted molar refractivity (Wildman–Crippen MR) is 54.0 cm³/mol. The van der Waals surface area contributed by atoms with Crippen molar-refractivity contribution in [2.75, 3.05) is 13.7 Å². The molecule has 0 saturated carbocycles. The molecule has 72 valence electrons. The first-order valence-corrected chi connectivity index (χ1v) is 4.36. The lowest BCUT2D eigenvalue weighted by Gasteiger charge is -2.11. The van der Waals surface area contributed by atoms with Gasteiger partial charge in [0.1, 0.15) is 5.75 Å². The molecular weight excluding hydrogens is 188 g/mol. The molecule has 0 heterocycles. The molecule has 0 amide bonds. The minimum absolute atomic E-state index is 0.161. The lowest BCUT2D eigenvalue weighted by molar-refractivity contribution is 0.414. The summed E-state index contributed by atoms with van der Waals surface area (Å²) < 4.78 is 5.05. The van der Waals surface area contributed by atoms with Crippen molar-refractivity contribution >= 4 is 11.6 Å². The number of nitrogens with two attached hydrogens (primary N) is 2. The van der Waals surface area contributed by atoms with Crippen LogP contribution in [0.1, 0.15) is 11.6 Å². The van der Waals surface area contributed by atoms with Gasteiger partial charge in [-0.2, -0.15) is 0 Å². The fraction of sp³-hybridized carbons (Fsp3) is 0.333. The van der Waals surface area contributed by atoms with E-state index in [0.717, 1.165) is 5.56 Å². The Morgan fingerprint density at radius 3 is 2.77 bits per heavy atom. The molecule has 0 fully saturated rings. The van der Waals surface area contributed by atoms with Gasteiger partial charge in [0, 0.05) is 12.6 Å². The van der Waals surface area contributed by atoms with E-state index in [4.69, 9.17) is 27.8 Å². The average molecular weight is 201 g/mol. The van der Waals surface area contributed by atoms with Gasteiger partial charge in [0.05, 0.1) is 12.1 Å². The maximum Gasteiger partial charge on any atom is 0.137 e. The van der Waals surface area contributed by atoms with E-state index >= 15 is 0 Å². The Balaban J connectivity index is 2.99. The Kier molecular flexibility index (Phi) is 3.54. The third kappa shape index (κ3) is 2.34. The van der Waals surface area contributed by atoms with Gasteiger partial charge in [-0.15, -0.1) is 0 Å². The van der Waals surface area contributed by atoms with Crippen LogP contribution in [0, 0.1) is 0 Å². The van der Waals surface area contributed by atoms with Crippen molar-refractivity contribution in [1.29, 1.82) is 0 Å². The van der Waals surface area contributed by atoms with Crippen LogP contribution in [0.25, 0.3) is 0 Å². The molecule has 13 heavy (non-hydrogen) atoms. The van der Waals surface area contributed by atoms with E-state index in [-0.39, 0.29) is 6.04 Å². The van der Waals surface area contributed by atoms with Crippen LogP contribution in [0.5, 0.6) is 5.75 Å². The van der Waals surface area contributed by atoms with Crippen LogP contribution in [0.15, 0.2) is 18.2 Å². The summed E-state index contributed by atoms with van der Waals surface area (Å²) in [7, 11) is 1.57. The summed E-state index contributed by atoms with van der Waals surface area (Å²) in [5, 5.41) is 0.579. The summed E-state index contributed by atoms with van der Waals surface area (Å²) in [6, 6.07) is 5.25. The van der Waals surface area contributed by atoms with Gasteiger partial charge >= 0.3 is 0 Å². The Morgan fingerprint density at radius 2 is 2.23 bits per heavy atom. The Morgan fingerprint density at radius 1 is 1.54 bits per heavy atom. The first kappa shape index (κ1) is 10.3. The lowest BCUT2D eigenvalue weighted by atomic mass is 10.1. The maximum absolute atomic E-state index is 5.85. The van der Waals surface area contributed by atoms with Gasteiger partial charge in [-0.25, -0.2) is 0 Å². The van der Waals surface area contributed by atoms with Gasteiger partial charge in [-0.3, -0.25) is 0 Å². The highest BCUT2D eigenvalue weighted by Gasteiger charge is 2.06. The van der Waals surface area contributed by atoms with Crippen LogP contribution in [0.3, 0.4) is 0 Å². The third-order valence-electron chi connectivity index (χ3n) is 1.86. The summed E-state index contributed by atoms with van der Waals surface area (Å²) in [5.41, 5.74) is 12.1. The van der Waals surface area contributed by atoms with Crippen LogP contribution in [-0.2, 0) is 0 Å². The Labute approximate surface area is 82.6 Å². The zero-order chi connectivity index (χ0) is 9.84. The van der Waals surface area contributed by atoms with E-state index < -0.39 is 0 Å². The zero-order valence-corrected chi connectivity index (χ0v) is 8.21. The second-order valence-corrected chi connectivity index (χ2v) is 3.14. The molecule has 0 saturated heterocycles. The van der Waals surface area contributed by atoms with Crippen LogP contribution < -0.4 is 16.2 Å². The molecule has 0 spiro atoms. The smallest absolute Gasteiger partial charge is 0.137 e. The van der Waals surface area contributed by atoms with Gasteiger partial charge < -0.3 is 16.2 Å². The molecule has 1 rings (SSSR count). The van der Waals surface area contributed by atoms with Crippen LogP contribution in [0.4, 0.5) is 0 Å². The van der Waals surface area contributed by atoms with E-state index in [1.165, 1.54) is 0 Å². The van der Waals surface area contributed by atoms with E-state index in [9.17, 15) is 0 Å². The quantitative estimate of drug-likeness (QED) is 0.774. The Bertz CT molecular complexity index is 291. The SMILES string of the molecule is COc1cc([C@H](N)CN)ccc1Cl. The highest BCUT2D eigenvalue weighted by atomic mass is 35.5. The molecule has 0 aromatic heterocycles. The van der Waals surface area contributed by atoms with Crippen molar-refractivity contribution in [3.05, 3.63) is 28.8 Å². The molecule has 0 bridgehead atoms. The normalized spacial score (nSPS) is 12.6. The fourth-order valence-corrected chi connectivity index (χ4v) is 1.24. The summed E-state index contributed by atoms with van der Waals surface area (Å²) >= 11 is 5.85. The molecule has 0 radical (unpaired) electrons. The molecule has 0 aliphatic carbocycles. The predicted octanol–water partition coefficient (Wildman–Crippen LogP) is 1.31. The van der Waals surface area contributed by atoms with Gasteiger partial charge in [-0.1, -0.05) is 17.7 Å².